The average molecular weight is 390 g/mol. The number of aromatic nitrogens is 2. The highest BCUT2D eigenvalue weighted by atomic mass is 32.2. The summed E-state index contributed by atoms with van der Waals surface area (Å²) < 4.78 is 31.1. The van der Waals surface area contributed by atoms with Gasteiger partial charge in [0, 0.05) is 24.0 Å². The minimum Gasteiger partial charge on any atom is -0.464 e. The largest absolute Gasteiger partial charge is 0.464 e. The number of rotatable bonds is 7. The van der Waals surface area contributed by atoms with Crippen LogP contribution < -0.4 is 4.31 Å². The smallest absolute Gasteiger partial charge is 0.360 e. The Balaban J connectivity index is 2.53. The topological polar surface area (TPSA) is 133 Å². The number of carbonyl (C=O) groups is 1. The van der Waals surface area contributed by atoms with Gasteiger partial charge in [-0.1, -0.05) is 24.1 Å². The van der Waals surface area contributed by atoms with Gasteiger partial charge in [0.15, 0.2) is 11.5 Å². The number of ether oxygens (including phenoxy) is 1. The lowest BCUT2D eigenvalue weighted by Crippen LogP contribution is -2.35. The van der Waals surface area contributed by atoms with Crippen molar-refractivity contribution in [2.24, 2.45) is 0 Å². The lowest BCUT2D eigenvalue weighted by molar-refractivity contribution is -0.385. The zero-order chi connectivity index (χ0) is 20.0. The molecule has 0 radical (unpaired) electrons. The SMILES string of the molecule is C#CCN(c1nccnc1C(=O)OC)S(=O)(=O)Cc1ccccc1[N+](=O)[O-]. The number of carbonyl (C=O) groups excluding carboxylic acids is 1. The number of methoxy groups -OCH3 is 1. The van der Waals surface area contributed by atoms with E-state index >= 15 is 0 Å². The van der Waals surface area contributed by atoms with Crippen LogP contribution in [0.2, 0.25) is 0 Å². The van der Waals surface area contributed by atoms with Crippen molar-refractivity contribution in [1.29, 1.82) is 0 Å². The maximum atomic E-state index is 12.9. The van der Waals surface area contributed by atoms with Gasteiger partial charge in [0.2, 0.25) is 10.0 Å². The van der Waals surface area contributed by atoms with Crippen molar-refractivity contribution in [3.63, 3.8) is 0 Å². The molecular formula is C16H14N4O6S. The number of sulfonamides is 1. The Morgan fingerprint density at radius 1 is 1.33 bits per heavy atom. The first-order valence-electron chi connectivity index (χ1n) is 7.37. The second-order valence-corrected chi connectivity index (χ2v) is 6.97. The summed E-state index contributed by atoms with van der Waals surface area (Å²) >= 11 is 0. The fraction of sp³-hybridized carbons (Fsp3) is 0.188. The third-order valence-corrected chi connectivity index (χ3v) is 5.04. The quantitative estimate of drug-likeness (QED) is 0.297. The molecule has 0 aliphatic carbocycles. The molecule has 10 nitrogen and oxygen atoms in total. The number of hydrogen-bond acceptors (Lipinski definition) is 8. The lowest BCUT2D eigenvalue weighted by atomic mass is 10.2. The Labute approximate surface area is 155 Å². The summed E-state index contributed by atoms with van der Waals surface area (Å²) in [6.45, 7) is -0.453. The molecule has 140 valence electrons. The van der Waals surface area contributed by atoms with Crippen molar-refractivity contribution < 1.29 is 22.9 Å². The standard InChI is InChI=1S/C16H14N4O6S/c1-3-10-19(15-14(16(21)26-2)17-8-9-18-15)27(24,25)11-12-6-4-5-7-13(12)20(22)23/h1,4-9H,10-11H2,2H3. The molecule has 0 spiro atoms. The molecule has 27 heavy (non-hydrogen) atoms. The summed E-state index contributed by atoms with van der Waals surface area (Å²) in [7, 11) is -3.13. The van der Waals surface area contributed by atoms with Crippen LogP contribution in [0.1, 0.15) is 16.1 Å². The summed E-state index contributed by atoms with van der Waals surface area (Å²) in [5, 5.41) is 11.1. The first-order chi connectivity index (χ1) is 12.8. The molecule has 0 aliphatic heterocycles. The van der Waals surface area contributed by atoms with Crippen LogP contribution in [0.3, 0.4) is 0 Å². The monoisotopic (exact) mass is 390 g/mol. The number of nitro groups is 1. The van der Waals surface area contributed by atoms with E-state index in [0.29, 0.717) is 4.31 Å². The van der Waals surface area contributed by atoms with Gasteiger partial charge in [0.1, 0.15) is 5.75 Å². The summed E-state index contributed by atoms with van der Waals surface area (Å²) in [4.78, 5) is 30.0. The molecule has 2 rings (SSSR count). The molecule has 0 aliphatic rings. The molecule has 0 N–H and O–H groups in total. The highest BCUT2D eigenvalue weighted by Crippen LogP contribution is 2.25. The van der Waals surface area contributed by atoms with Gasteiger partial charge in [-0.05, 0) is 0 Å². The van der Waals surface area contributed by atoms with E-state index in [2.05, 4.69) is 20.6 Å². The van der Waals surface area contributed by atoms with E-state index in [0.717, 1.165) is 7.11 Å². The second kappa shape index (κ2) is 8.24. The van der Waals surface area contributed by atoms with Crippen molar-refractivity contribution in [1.82, 2.24) is 9.97 Å². The molecule has 1 aromatic carbocycles. The Kier molecular flexibility index (Phi) is 6.04. The van der Waals surface area contributed by atoms with Crippen molar-refractivity contribution >= 4 is 27.5 Å². The van der Waals surface area contributed by atoms with E-state index in [1.165, 1.54) is 36.7 Å². The van der Waals surface area contributed by atoms with E-state index in [1.54, 1.807) is 0 Å². The molecule has 0 bridgehead atoms. The number of hydrogen-bond donors (Lipinski definition) is 0. The van der Waals surface area contributed by atoms with Crippen LogP contribution in [0.25, 0.3) is 0 Å². The zero-order valence-electron chi connectivity index (χ0n) is 14.1. The van der Waals surface area contributed by atoms with Crippen LogP contribution in [0.5, 0.6) is 0 Å². The van der Waals surface area contributed by atoms with Crippen LogP contribution >= 0.6 is 0 Å². The highest BCUT2D eigenvalue weighted by Gasteiger charge is 2.31. The van der Waals surface area contributed by atoms with Crippen molar-refractivity contribution in [2.45, 2.75) is 5.75 Å². The van der Waals surface area contributed by atoms with Crippen LogP contribution in [0.15, 0.2) is 36.7 Å². The van der Waals surface area contributed by atoms with Gasteiger partial charge >= 0.3 is 5.97 Å². The molecule has 1 aromatic heterocycles. The van der Waals surface area contributed by atoms with Gasteiger partial charge < -0.3 is 4.74 Å². The first-order valence-corrected chi connectivity index (χ1v) is 8.98. The first kappa shape index (κ1) is 19.8. The molecule has 11 heteroatoms. The fourth-order valence-electron chi connectivity index (χ4n) is 2.23. The maximum absolute atomic E-state index is 12.9. The summed E-state index contributed by atoms with van der Waals surface area (Å²) in [6.07, 6.45) is 7.64. The number of terminal acetylenes is 1. The summed E-state index contributed by atoms with van der Waals surface area (Å²) in [5.74, 6) is 0.233. The zero-order valence-corrected chi connectivity index (χ0v) is 14.9. The second-order valence-electron chi connectivity index (χ2n) is 5.07. The summed E-state index contributed by atoms with van der Waals surface area (Å²) in [5.41, 5.74) is -0.733. The van der Waals surface area contributed by atoms with Gasteiger partial charge in [-0.2, -0.15) is 0 Å². The van der Waals surface area contributed by atoms with Crippen molar-refractivity contribution in [3.05, 3.63) is 58.0 Å². The van der Waals surface area contributed by atoms with E-state index in [-0.39, 0.29) is 22.8 Å². The number of nitro benzene ring substituents is 1. The van der Waals surface area contributed by atoms with E-state index in [1.807, 2.05) is 0 Å². The van der Waals surface area contributed by atoms with Gasteiger partial charge in [0.25, 0.3) is 5.69 Å². The third kappa shape index (κ3) is 4.36. The Hall–Kier alpha value is -3.52. The maximum Gasteiger partial charge on any atom is 0.360 e. The average Bonchev–Trinajstić information content (AvgIpc) is 2.65. The van der Waals surface area contributed by atoms with E-state index < -0.39 is 33.2 Å². The van der Waals surface area contributed by atoms with Crippen LogP contribution in [-0.2, 0) is 20.5 Å². The third-order valence-electron chi connectivity index (χ3n) is 3.39. The molecule has 0 unspecified atom stereocenters. The normalized spacial score (nSPS) is 10.7. The van der Waals surface area contributed by atoms with Crippen LogP contribution in [0.4, 0.5) is 11.5 Å². The van der Waals surface area contributed by atoms with Crippen LogP contribution in [-0.4, -0.2) is 42.9 Å². The number of anilines is 1. The molecule has 0 saturated heterocycles. The van der Waals surface area contributed by atoms with Gasteiger partial charge in [-0.3, -0.25) is 10.1 Å². The molecule has 0 atom stereocenters. The predicted molar refractivity (Wildman–Crippen MR) is 95.3 cm³/mol. The molecule has 2 aromatic rings. The Morgan fingerprint density at radius 3 is 2.63 bits per heavy atom. The Morgan fingerprint density at radius 2 is 2.00 bits per heavy atom. The number of nitrogens with zero attached hydrogens (tertiary/aromatic N) is 4. The highest BCUT2D eigenvalue weighted by molar-refractivity contribution is 7.92. The van der Waals surface area contributed by atoms with E-state index in [4.69, 9.17) is 6.42 Å². The molecule has 0 saturated carbocycles. The lowest BCUT2D eigenvalue weighted by Gasteiger charge is -2.22. The minimum atomic E-state index is -4.23. The number of esters is 1. The van der Waals surface area contributed by atoms with Crippen molar-refractivity contribution in [2.75, 3.05) is 18.0 Å². The fourth-order valence-corrected chi connectivity index (χ4v) is 3.69. The molecule has 0 amide bonds. The van der Waals surface area contributed by atoms with Gasteiger partial charge in [-0.25, -0.2) is 27.5 Å². The molecular weight excluding hydrogens is 376 g/mol. The summed E-state index contributed by atoms with van der Waals surface area (Å²) in [6, 6.07) is 5.41. The van der Waals surface area contributed by atoms with Gasteiger partial charge in [0.05, 0.1) is 18.6 Å². The van der Waals surface area contributed by atoms with Crippen molar-refractivity contribution in [3.8, 4) is 12.3 Å². The Bertz CT molecular complexity index is 1020. The predicted octanol–water partition coefficient (Wildman–Crippen LogP) is 1.14. The van der Waals surface area contributed by atoms with E-state index in [9.17, 15) is 23.3 Å². The minimum absolute atomic E-state index is 0.0342. The number of para-hydroxylation sites is 1. The van der Waals surface area contributed by atoms with Gasteiger partial charge in [-0.15, -0.1) is 6.42 Å². The molecule has 0 fully saturated rings. The van der Waals surface area contributed by atoms with Crippen LogP contribution in [0, 0.1) is 22.5 Å². The number of benzene rings is 1. The molecule has 1 heterocycles.